The van der Waals surface area contributed by atoms with E-state index in [1.165, 1.54) is 32.4 Å². The van der Waals surface area contributed by atoms with Crippen molar-refractivity contribution in [2.45, 2.75) is 24.4 Å². The molecular formula is C20H22ClN5S. The topological polar surface area (TPSA) is 46.8 Å². The van der Waals surface area contributed by atoms with Crippen LogP contribution in [0.1, 0.15) is 19.3 Å². The van der Waals surface area contributed by atoms with Crippen LogP contribution in [0.15, 0.2) is 53.9 Å². The fraction of sp³-hybridized carbons (Fsp3) is 0.350. The minimum Gasteiger partial charge on any atom is -0.303 e. The highest BCUT2D eigenvalue weighted by molar-refractivity contribution is 7.99. The van der Waals surface area contributed by atoms with Crippen LogP contribution < -0.4 is 0 Å². The van der Waals surface area contributed by atoms with Crippen LogP contribution in [0.25, 0.3) is 17.1 Å². The molecule has 3 heterocycles. The third-order valence-electron chi connectivity index (χ3n) is 4.73. The molecule has 2 aromatic heterocycles. The number of aromatic nitrogens is 4. The summed E-state index contributed by atoms with van der Waals surface area (Å²) in [7, 11) is 0. The zero-order valence-electron chi connectivity index (χ0n) is 15.1. The predicted octanol–water partition coefficient (Wildman–Crippen LogP) is 4.56. The number of rotatable bonds is 6. The number of hydrogen-bond donors (Lipinski definition) is 0. The minimum atomic E-state index is 0.717. The van der Waals surface area contributed by atoms with Crippen molar-refractivity contribution in [2.24, 2.45) is 0 Å². The molecule has 1 saturated heterocycles. The highest BCUT2D eigenvalue weighted by Crippen LogP contribution is 2.28. The van der Waals surface area contributed by atoms with E-state index >= 15 is 0 Å². The Balaban J connectivity index is 1.59. The number of likely N-dealkylation sites (tertiary alicyclic amines) is 1. The van der Waals surface area contributed by atoms with E-state index in [0.29, 0.717) is 5.02 Å². The smallest absolute Gasteiger partial charge is 0.196 e. The zero-order chi connectivity index (χ0) is 18.5. The summed E-state index contributed by atoms with van der Waals surface area (Å²) < 4.78 is 2.09. The Morgan fingerprint density at radius 3 is 2.56 bits per heavy atom. The second-order valence-corrected chi connectivity index (χ2v) is 8.11. The summed E-state index contributed by atoms with van der Waals surface area (Å²) >= 11 is 7.83. The molecule has 1 aromatic carbocycles. The Kier molecular flexibility index (Phi) is 6.07. The maximum Gasteiger partial charge on any atom is 0.196 e. The van der Waals surface area contributed by atoms with Crippen molar-refractivity contribution in [1.29, 1.82) is 0 Å². The van der Waals surface area contributed by atoms with Gasteiger partial charge in [0.15, 0.2) is 11.0 Å². The Hall–Kier alpha value is -1.89. The molecule has 0 aliphatic carbocycles. The summed E-state index contributed by atoms with van der Waals surface area (Å²) in [6.07, 6.45) is 7.58. The van der Waals surface area contributed by atoms with Crippen molar-refractivity contribution in [1.82, 2.24) is 24.6 Å². The first-order chi connectivity index (χ1) is 13.3. The Morgan fingerprint density at radius 1 is 1.00 bits per heavy atom. The average molecular weight is 400 g/mol. The quantitative estimate of drug-likeness (QED) is 0.568. The molecule has 0 spiro atoms. The van der Waals surface area contributed by atoms with Gasteiger partial charge in [0, 0.05) is 41.0 Å². The maximum atomic E-state index is 6.08. The van der Waals surface area contributed by atoms with E-state index in [4.69, 9.17) is 11.6 Å². The molecule has 140 valence electrons. The molecular weight excluding hydrogens is 378 g/mol. The minimum absolute atomic E-state index is 0.717. The van der Waals surface area contributed by atoms with E-state index in [2.05, 4.69) is 24.6 Å². The van der Waals surface area contributed by atoms with Gasteiger partial charge in [-0.2, -0.15) is 0 Å². The Labute approximate surface area is 168 Å². The summed E-state index contributed by atoms with van der Waals surface area (Å²) in [6, 6.07) is 11.7. The Morgan fingerprint density at radius 2 is 1.81 bits per heavy atom. The van der Waals surface area contributed by atoms with Gasteiger partial charge in [-0.3, -0.25) is 9.55 Å². The van der Waals surface area contributed by atoms with Gasteiger partial charge in [-0.05, 0) is 62.3 Å². The molecule has 1 aliphatic heterocycles. The van der Waals surface area contributed by atoms with E-state index in [-0.39, 0.29) is 0 Å². The first-order valence-electron chi connectivity index (χ1n) is 9.28. The monoisotopic (exact) mass is 399 g/mol. The maximum absolute atomic E-state index is 6.08. The predicted molar refractivity (Wildman–Crippen MR) is 111 cm³/mol. The highest BCUT2D eigenvalue weighted by atomic mass is 35.5. The van der Waals surface area contributed by atoms with Crippen LogP contribution in [0.4, 0.5) is 0 Å². The van der Waals surface area contributed by atoms with Crippen LogP contribution in [0, 0.1) is 0 Å². The number of thioether (sulfide) groups is 1. The van der Waals surface area contributed by atoms with Crippen molar-refractivity contribution in [3.8, 4) is 17.1 Å². The molecule has 4 rings (SSSR count). The standard InChI is InChI=1S/C20H22ClN5S/c21-17-6-8-18(9-7-17)26-19(16-5-4-10-22-15-16)23-24-20(26)27-14-13-25-11-2-1-3-12-25/h4-10,15H,1-3,11-14H2. The van der Waals surface area contributed by atoms with E-state index in [9.17, 15) is 0 Å². The number of piperidine rings is 1. The van der Waals surface area contributed by atoms with Crippen LogP contribution in [0.5, 0.6) is 0 Å². The first-order valence-corrected chi connectivity index (χ1v) is 10.6. The lowest BCUT2D eigenvalue weighted by atomic mass is 10.1. The molecule has 0 radical (unpaired) electrons. The molecule has 0 unspecified atom stereocenters. The molecule has 1 aliphatic rings. The van der Waals surface area contributed by atoms with Crippen LogP contribution in [-0.2, 0) is 0 Å². The van der Waals surface area contributed by atoms with E-state index < -0.39 is 0 Å². The van der Waals surface area contributed by atoms with Gasteiger partial charge in [0.05, 0.1) is 0 Å². The number of halogens is 1. The summed E-state index contributed by atoms with van der Waals surface area (Å²) in [4.78, 5) is 6.77. The number of hydrogen-bond acceptors (Lipinski definition) is 5. The second kappa shape index (κ2) is 8.87. The summed E-state index contributed by atoms with van der Waals surface area (Å²) in [5.74, 6) is 1.80. The third-order valence-corrected chi connectivity index (χ3v) is 5.89. The molecule has 0 bridgehead atoms. The molecule has 7 heteroatoms. The normalized spacial score (nSPS) is 15.1. The van der Waals surface area contributed by atoms with Gasteiger partial charge in [0.25, 0.3) is 0 Å². The van der Waals surface area contributed by atoms with Crippen molar-refractivity contribution in [3.63, 3.8) is 0 Å². The SMILES string of the molecule is Clc1ccc(-n2c(SCCN3CCCCC3)nnc2-c2cccnc2)cc1. The number of nitrogens with zero attached hydrogens (tertiary/aromatic N) is 5. The summed E-state index contributed by atoms with van der Waals surface area (Å²) in [5, 5.41) is 10.5. The molecule has 5 nitrogen and oxygen atoms in total. The van der Waals surface area contributed by atoms with Crippen LogP contribution in [0.2, 0.25) is 5.02 Å². The molecule has 0 N–H and O–H groups in total. The van der Waals surface area contributed by atoms with E-state index in [0.717, 1.165) is 34.5 Å². The van der Waals surface area contributed by atoms with Crippen molar-refractivity contribution in [2.75, 3.05) is 25.4 Å². The van der Waals surface area contributed by atoms with Crippen LogP contribution >= 0.6 is 23.4 Å². The largest absolute Gasteiger partial charge is 0.303 e. The first kappa shape index (κ1) is 18.5. The van der Waals surface area contributed by atoms with Crippen molar-refractivity contribution >= 4 is 23.4 Å². The van der Waals surface area contributed by atoms with Gasteiger partial charge in [0.1, 0.15) is 0 Å². The number of benzene rings is 1. The van der Waals surface area contributed by atoms with Crippen molar-refractivity contribution in [3.05, 3.63) is 53.8 Å². The van der Waals surface area contributed by atoms with Crippen molar-refractivity contribution < 1.29 is 0 Å². The summed E-state index contributed by atoms with van der Waals surface area (Å²) in [6.45, 7) is 3.51. The highest BCUT2D eigenvalue weighted by Gasteiger charge is 2.17. The van der Waals surface area contributed by atoms with E-state index in [1.807, 2.05) is 42.6 Å². The van der Waals surface area contributed by atoms with Gasteiger partial charge in [-0.25, -0.2) is 0 Å². The van der Waals surface area contributed by atoms with Gasteiger partial charge in [-0.15, -0.1) is 10.2 Å². The fourth-order valence-corrected chi connectivity index (χ4v) is 4.39. The van der Waals surface area contributed by atoms with Gasteiger partial charge in [-0.1, -0.05) is 29.8 Å². The fourth-order valence-electron chi connectivity index (χ4n) is 3.32. The third kappa shape index (κ3) is 4.51. The lowest BCUT2D eigenvalue weighted by molar-refractivity contribution is 0.242. The molecule has 0 atom stereocenters. The molecule has 0 saturated carbocycles. The van der Waals surface area contributed by atoms with E-state index in [1.54, 1.807) is 18.0 Å². The van der Waals surface area contributed by atoms with Crippen LogP contribution in [0.3, 0.4) is 0 Å². The molecule has 1 fully saturated rings. The van der Waals surface area contributed by atoms with Gasteiger partial charge < -0.3 is 4.90 Å². The number of pyridine rings is 1. The molecule has 27 heavy (non-hydrogen) atoms. The molecule has 3 aromatic rings. The molecule has 0 amide bonds. The lowest BCUT2D eigenvalue weighted by Gasteiger charge is -2.25. The van der Waals surface area contributed by atoms with Gasteiger partial charge in [0.2, 0.25) is 0 Å². The Bertz CT molecular complexity index is 860. The summed E-state index contributed by atoms with van der Waals surface area (Å²) in [5.41, 5.74) is 1.95. The van der Waals surface area contributed by atoms with Crippen LogP contribution in [-0.4, -0.2) is 50.0 Å². The van der Waals surface area contributed by atoms with Gasteiger partial charge >= 0.3 is 0 Å². The lowest BCUT2D eigenvalue weighted by Crippen LogP contribution is -2.31. The zero-order valence-corrected chi connectivity index (χ0v) is 16.7. The average Bonchev–Trinajstić information content (AvgIpc) is 3.14. The second-order valence-electron chi connectivity index (χ2n) is 6.61.